The summed E-state index contributed by atoms with van der Waals surface area (Å²) in [6, 6.07) is 90.0. The second-order valence-electron chi connectivity index (χ2n) is 16.1. The minimum absolute atomic E-state index is 0.00485. The lowest BCUT2D eigenvalue weighted by molar-refractivity contribution is 0.670. The standard InChI is InChI=1S/C61H42O/c1-3-14-42(15-4-1)48-18-9-20-50(38-48)52-22-11-24-54(40-52)60(55-25-12-23-53(41-55)51-21-10-19-49(39-51)43-16-5-2-6-17-43)47-36-32-45(33-37-47)44-30-34-46(35-31-44)56-27-13-28-58-57-26-7-8-29-59(57)62-61(56)58/h1-41,60H. The fourth-order valence-corrected chi connectivity index (χ4v) is 9.08. The Balaban J connectivity index is 0.961. The average molecular weight is 791 g/mol. The van der Waals surface area contributed by atoms with Crippen LogP contribution in [0.4, 0.5) is 0 Å². The number of fused-ring (bicyclic) bond motifs is 3. The Morgan fingerprint density at radius 2 is 0.629 bits per heavy atom. The van der Waals surface area contributed by atoms with Gasteiger partial charge in [0.2, 0.25) is 0 Å². The van der Waals surface area contributed by atoms with Crippen LogP contribution in [0.25, 0.3) is 88.7 Å². The summed E-state index contributed by atoms with van der Waals surface area (Å²) >= 11 is 0. The van der Waals surface area contributed by atoms with Crippen molar-refractivity contribution >= 4 is 21.9 Å². The molecule has 1 heterocycles. The molecule has 0 atom stereocenters. The average Bonchev–Trinajstić information content (AvgIpc) is 3.74. The number of furan rings is 1. The number of para-hydroxylation sites is 2. The van der Waals surface area contributed by atoms with E-state index < -0.39 is 0 Å². The van der Waals surface area contributed by atoms with Gasteiger partial charge in [-0.25, -0.2) is 0 Å². The zero-order valence-corrected chi connectivity index (χ0v) is 34.2. The molecule has 11 aromatic rings. The smallest absolute Gasteiger partial charge is 0.143 e. The Labute approximate surface area is 362 Å². The van der Waals surface area contributed by atoms with Crippen molar-refractivity contribution in [1.29, 1.82) is 0 Å². The van der Waals surface area contributed by atoms with Gasteiger partial charge >= 0.3 is 0 Å². The molecule has 0 amide bonds. The lowest BCUT2D eigenvalue weighted by atomic mass is 9.82. The third kappa shape index (κ3) is 7.21. The number of hydrogen-bond donors (Lipinski definition) is 0. The van der Waals surface area contributed by atoms with Crippen molar-refractivity contribution < 1.29 is 4.42 Å². The van der Waals surface area contributed by atoms with Crippen molar-refractivity contribution in [2.45, 2.75) is 5.92 Å². The maximum Gasteiger partial charge on any atom is 0.143 e. The summed E-state index contributed by atoms with van der Waals surface area (Å²) in [5, 5.41) is 2.29. The molecule has 292 valence electrons. The van der Waals surface area contributed by atoms with Gasteiger partial charge < -0.3 is 4.42 Å². The minimum atomic E-state index is 0.00485. The zero-order chi connectivity index (χ0) is 41.2. The van der Waals surface area contributed by atoms with Crippen LogP contribution in [0.2, 0.25) is 0 Å². The second kappa shape index (κ2) is 16.2. The first-order chi connectivity index (χ1) is 30.7. The van der Waals surface area contributed by atoms with Gasteiger partial charge in [0, 0.05) is 22.3 Å². The molecule has 0 saturated carbocycles. The number of rotatable bonds is 9. The van der Waals surface area contributed by atoms with E-state index in [4.69, 9.17) is 4.42 Å². The molecular formula is C61H42O. The van der Waals surface area contributed by atoms with Crippen LogP contribution in [-0.4, -0.2) is 0 Å². The molecule has 0 bridgehead atoms. The van der Waals surface area contributed by atoms with Gasteiger partial charge in [0.25, 0.3) is 0 Å². The monoisotopic (exact) mass is 790 g/mol. The quantitative estimate of drug-likeness (QED) is 0.133. The molecule has 0 N–H and O–H groups in total. The topological polar surface area (TPSA) is 13.1 Å². The molecule has 10 aromatic carbocycles. The van der Waals surface area contributed by atoms with E-state index in [1.807, 2.05) is 12.1 Å². The lowest BCUT2D eigenvalue weighted by Crippen LogP contribution is -2.04. The predicted octanol–water partition coefficient (Wildman–Crippen LogP) is 16.8. The molecule has 0 aliphatic rings. The van der Waals surface area contributed by atoms with Crippen LogP contribution < -0.4 is 0 Å². The van der Waals surface area contributed by atoms with Gasteiger partial charge in [-0.05, 0) is 96.1 Å². The van der Waals surface area contributed by atoms with Crippen LogP contribution in [0.1, 0.15) is 22.6 Å². The van der Waals surface area contributed by atoms with Gasteiger partial charge in [0.05, 0.1) is 0 Å². The number of benzene rings is 10. The zero-order valence-electron chi connectivity index (χ0n) is 34.2. The van der Waals surface area contributed by atoms with E-state index in [9.17, 15) is 0 Å². The van der Waals surface area contributed by atoms with Crippen LogP contribution in [0.15, 0.2) is 253 Å². The first-order valence-electron chi connectivity index (χ1n) is 21.3. The molecule has 0 aliphatic heterocycles. The fraction of sp³-hybridized carbons (Fsp3) is 0.0164. The largest absolute Gasteiger partial charge is 0.455 e. The van der Waals surface area contributed by atoms with Gasteiger partial charge in [-0.2, -0.15) is 0 Å². The Morgan fingerprint density at radius 1 is 0.242 bits per heavy atom. The highest BCUT2D eigenvalue weighted by Crippen LogP contribution is 2.40. The second-order valence-corrected chi connectivity index (χ2v) is 16.1. The first-order valence-corrected chi connectivity index (χ1v) is 21.3. The molecule has 0 aliphatic carbocycles. The van der Waals surface area contributed by atoms with Crippen molar-refractivity contribution in [2.24, 2.45) is 0 Å². The molecule has 1 nitrogen and oxygen atoms in total. The molecule has 0 radical (unpaired) electrons. The Morgan fingerprint density at radius 3 is 1.19 bits per heavy atom. The highest BCUT2D eigenvalue weighted by Gasteiger charge is 2.20. The molecular weight excluding hydrogens is 749 g/mol. The Kier molecular flexibility index (Phi) is 9.69. The number of hydrogen-bond acceptors (Lipinski definition) is 1. The molecule has 0 spiro atoms. The summed E-state index contributed by atoms with van der Waals surface area (Å²) in [5.41, 5.74) is 19.9. The van der Waals surface area contributed by atoms with E-state index in [0.29, 0.717) is 0 Å². The predicted molar refractivity (Wildman–Crippen MR) is 260 cm³/mol. The summed E-state index contributed by atoms with van der Waals surface area (Å²) < 4.78 is 6.37. The van der Waals surface area contributed by atoms with E-state index in [0.717, 1.165) is 33.1 Å². The van der Waals surface area contributed by atoms with Crippen LogP contribution in [-0.2, 0) is 0 Å². The minimum Gasteiger partial charge on any atom is -0.455 e. The maximum atomic E-state index is 6.37. The van der Waals surface area contributed by atoms with Crippen LogP contribution in [0.3, 0.4) is 0 Å². The van der Waals surface area contributed by atoms with Gasteiger partial charge in [-0.3, -0.25) is 0 Å². The van der Waals surface area contributed by atoms with E-state index in [2.05, 4.69) is 237 Å². The van der Waals surface area contributed by atoms with Gasteiger partial charge in [-0.1, -0.05) is 231 Å². The Bertz CT molecular complexity index is 3190. The third-order valence-electron chi connectivity index (χ3n) is 12.2. The molecule has 62 heavy (non-hydrogen) atoms. The van der Waals surface area contributed by atoms with Crippen molar-refractivity contribution in [2.75, 3.05) is 0 Å². The Hall–Kier alpha value is -8.00. The molecule has 0 unspecified atom stereocenters. The molecule has 1 heteroatoms. The van der Waals surface area contributed by atoms with E-state index >= 15 is 0 Å². The van der Waals surface area contributed by atoms with E-state index in [1.165, 1.54) is 72.3 Å². The van der Waals surface area contributed by atoms with Crippen molar-refractivity contribution in [3.63, 3.8) is 0 Å². The molecule has 0 saturated heterocycles. The summed E-state index contributed by atoms with van der Waals surface area (Å²) in [6.45, 7) is 0. The lowest BCUT2D eigenvalue weighted by Gasteiger charge is -2.21. The summed E-state index contributed by atoms with van der Waals surface area (Å²) in [4.78, 5) is 0. The molecule has 0 fully saturated rings. The maximum absolute atomic E-state index is 6.37. The third-order valence-corrected chi connectivity index (χ3v) is 12.2. The van der Waals surface area contributed by atoms with E-state index in [-0.39, 0.29) is 5.92 Å². The molecule has 11 rings (SSSR count). The highest BCUT2D eigenvalue weighted by molar-refractivity contribution is 6.09. The summed E-state index contributed by atoms with van der Waals surface area (Å²) in [5.74, 6) is 0.00485. The van der Waals surface area contributed by atoms with Crippen LogP contribution >= 0.6 is 0 Å². The van der Waals surface area contributed by atoms with Crippen LogP contribution in [0.5, 0.6) is 0 Å². The van der Waals surface area contributed by atoms with E-state index in [1.54, 1.807) is 0 Å². The summed E-state index contributed by atoms with van der Waals surface area (Å²) in [7, 11) is 0. The van der Waals surface area contributed by atoms with Crippen molar-refractivity contribution in [3.8, 4) is 66.8 Å². The van der Waals surface area contributed by atoms with Crippen LogP contribution in [0, 0.1) is 0 Å². The van der Waals surface area contributed by atoms with Gasteiger partial charge in [-0.15, -0.1) is 0 Å². The fourth-order valence-electron chi connectivity index (χ4n) is 9.08. The SMILES string of the molecule is c1ccc(-c2cccc(-c3cccc(C(c4ccc(-c5ccc(-c6cccc7c6oc6ccccc67)cc5)cc4)c4cccc(-c5cccc(-c6ccccc6)c5)c4)c3)c2)cc1. The highest BCUT2D eigenvalue weighted by atomic mass is 16.3. The summed E-state index contributed by atoms with van der Waals surface area (Å²) in [6.07, 6.45) is 0. The first kappa shape index (κ1) is 37.0. The molecule has 1 aromatic heterocycles. The van der Waals surface area contributed by atoms with Crippen molar-refractivity contribution in [3.05, 3.63) is 265 Å². The van der Waals surface area contributed by atoms with Crippen molar-refractivity contribution in [1.82, 2.24) is 0 Å². The normalized spacial score (nSPS) is 11.4. The van der Waals surface area contributed by atoms with Gasteiger partial charge in [0.15, 0.2) is 0 Å². The van der Waals surface area contributed by atoms with Gasteiger partial charge in [0.1, 0.15) is 11.2 Å².